The highest BCUT2D eigenvalue weighted by atomic mass is 35.5. The average Bonchev–Trinajstić information content (AvgIpc) is 3.64. The number of tetrazole rings is 1. The van der Waals surface area contributed by atoms with Crippen LogP contribution in [0.5, 0.6) is 0 Å². The minimum atomic E-state index is -6.48. The number of aromatic nitrogens is 7. The molecule has 0 aliphatic rings. The van der Waals surface area contributed by atoms with Crippen LogP contribution in [0.15, 0.2) is 36.5 Å². The van der Waals surface area contributed by atoms with Crippen LogP contribution in [0.1, 0.15) is 37.9 Å². The molecule has 0 radical (unpaired) electrons. The van der Waals surface area contributed by atoms with E-state index in [4.69, 9.17) is 17.3 Å². The lowest BCUT2D eigenvalue weighted by molar-refractivity contribution is -0.351. The van der Waals surface area contributed by atoms with Crippen LogP contribution in [-0.2, 0) is 17.0 Å². The number of hydrazine groups is 1. The number of nitrogens with one attached hydrogen (secondary N) is 2. The normalized spacial score (nSPS) is 12.1. The summed E-state index contributed by atoms with van der Waals surface area (Å²) in [6.07, 6.45) is -12.6. The van der Waals surface area contributed by atoms with Gasteiger partial charge in [-0.3, -0.25) is 15.0 Å². The quantitative estimate of drug-likeness (QED) is 0.145. The van der Waals surface area contributed by atoms with Gasteiger partial charge in [0, 0.05) is 18.9 Å². The second-order valence-electron chi connectivity index (χ2n) is 9.72. The summed E-state index contributed by atoms with van der Waals surface area (Å²) in [7, 11) is 2.26. The number of aryl methyl sites for hydroxylation is 1. The molecule has 4 N–H and O–H groups in total. The number of nitrogens with two attached hydrogens (primary N) is 1. The molecule has 23 heteroatoms. The van der Waals surface area contributed by atoms with Crippen LogP contribution in [-0.4, -0.2) is 84.4 Å². The summed E-state index contributed by atoms with van der Waals surface area (Å²) >= 11 is 6.24. The van der Waals surface area contributed by atoms with E-state index in [-0.39, 0.29) is 49.5 Å². The minimum absolute atomic E-state index is 0.0467. The van der Waals surface area contributed by atoms with Crippen molar-refractivity contribution in [2.45, 2.75) is 31.5 Å². The molecule has 0 fully saturated rings. The van der Waals surface area contributed by atoms with E-state index in [1.807, 2.05) is 0 Å². The number of pyridine rings is 1. The van der Waals surface area contributed by atoms with Gasteiger partial charge < -0.3 is 15.8 Å². The standard InChI is InChI=1S/C25H21ClF7N11O4/c1-11-7-12(34)8-14(19(45)39-42(2)22(47)48-3)17(11)36-20(46)16-9-13(38-44(16)18-15(26)5-4-6-35-18)10-43-40-21(37-41-43)23(27,24(28,29)30)25(31,32)33/h4-9H,10,34H2,1-3H3,(H,36,46)(H,39,45). The van der Waals surface area contributed by atoms with Crippen LogP contribution in [0.4, 0.5) is 46.9 Å². The number of carbonyl (C=O) groups is 3. The lowest BCUT2D eigenvalue weighted by Crippen LogP contribution is -2.51. The predicted octanol–water partition coefficient (Wildman–Crippen LogP) is 3.73. The van der Waals surface area contributed by atoms with Gasteiger partial charge in [0.1, 0.15) is 12.2 Å². The zero-order valence-electron chi connectivity index (χ0n) is 24.5. The second kappa shape index (κ2) is 12.9. The first-order chi connectivity index (χ1) is 22.3. The molecule has 3 amide bonds. The van der Waals surface area contributed by atoms with Crippen LogP contribution < -0.4 is 16.5 Å². The number of halogens is 8. The molecule has 0 spiro atoms. The smallest absolute Gasteiger partial charge is 0.439 e. The fraction of sp³-hybridized carbons (Fsp3) is 0.280. The first-order valence-corrected chi connectivity index (χ1v) is 13.3. The van der Waals surface area contributed by atoms with Crippen molar-refractivity contribution in [3.63, 3.8) is 0 Å². The molecule has 0 bridgehead atoms. The minimum Gasteiger partial charge on any atom is -0.452 e. The number of carbonyl (C=O) groups excluding carboxylic acids is 3. The third kappa shape index (κ3) is 6.77. The third-order valence-electron chi connectivity index (χ3n) is 6.34. The summed E-state index contributed by atoms with van der Waals surface area (Å²) in [6, 6.07) is 6.45. The second-order valence-corrected chi connectivity index (χ2v) is 10.1. The van der Waals surface area contributed by atoms with Gasteiger partial charge in [0.25, 0.3) is 11.8 Å². The summed E-state index contributed by atoms with van der Waals surface area (Å²) in [5.41, 5.74) is 1.65. The molecule has 0 saturated heterocycles. The van der Waals surface area contributed by atoms with Gasteiger partial charge in [-0.25, -0.2) is 23.9 Å². The fourth-order valence-electron chi connectivity index (χ4n) is 4.10. The van der Waals surface area contributed by atoms with Gasteiger partial charge in [0.2, 0.25) is 5.82 Å². The van der Waals surface area contributed by atoms with E-state index in [0.29, 0.717) is 0 Å². The Balaban J connectivity index is 1.74. The van der Waals surface area contributed by atoms with Crippen LogP contribution >= 0.6 is 11.6 Å². The van der Waals surface area contributed by atoms with Crippen LogP contribution in [0.3, 0.4) is 0 Å². The molecule has 4 aromatic rings. The van der Waals surface area contributed by atoms with Crippen molar-refractivity contribution in [2.75, 3.05) is 25.2 Å². The van der Waals surface area contributed by atoms with Gasteiger partial charge in [0.15, 0.2) is 5.82 Å². The first-order valence-electron chi connectivity index (χ1n) is 12.9. The molecule has 4 rings (SSSR count). The summed E-state index contributed by atoms with van der Waals surface area (Å²) in [5, 5.41) is 16.0. The maximum Gasteiger partial charge on any atom is 0.439 e. The van der Waals surface area contributed by atoms with Crippen molar-refractivity contribution in [3.8, 4) is 5.82 Å². The number of rotatable bonds is 7. The molecule has 48 heavy (non-hydrogen) atoms. The number of alkyl halides is 7. The molecule has 3 aromatic heterocycles. The summed E-state index contributed by atoms with van der Waals surface area (Å²) in [6.45, 7) is 0.677. The summed E-state index contributed by atoms with van der Waals surface area (Å²) in [4.78, 5) is 42.8. The first kappa shape index (κ1) is 35.3. The van der Waals surface area contributed by atoms with E-state index in [1.54, 1.807) is 0 Å². The number of ether oxygens (including phenoxy) is 1. The van der Waals surface area contributed by atoms with Gasteiger partial charge in [-0.2, -0.15) is 36.2 Å². The van der Waals surface area contributed by atoms with Gasteiger partial charge in [0.05, 0.1) is 29.1 Å². The van der Waals surface area contributed by atoms with Crippen molar-refractivity contribution >= 4 is 40.9 Å². The van der Waals surface area contributed by atoms with E-state index >= 15 is 0 Å². The van der Waals surface area contributed by atoms with Crippen molar-refractivity contribution in [2.24, 2.45) is 0 Å². The number of nitrogens with zero attached hydrogens (tertiary/aromatic N) is 8. The zero-order chi connectivity index (χ0) is 35.8. The van der Waals surface area contributed by atoms with Crippen LogP contribution in [0.2, 0.25) is 5.02 Å². The number of amides is 3. The number of methoxy groups -OCH3 is 1. The molecule has 0 unspecified atom stereocenters. The number of benzene rings is 1. The lowest BCUT2D eigenvalue weighted by Gasteiger charge is -2.26. The molecule has 1 aromatic carbocycles. The third-order valence-corrected chi connectivity index (χ3v) is 6.63. The lowest BCUT2D eigenvalue weighted by atomic mass is 10.1. The Hall–Kier alpha value is -5.54. The fourth-order valence-corrected chi connectivity index (χ4v) is 4.31. The van der Waals surface area contributed by atoms with Crippen LogP contribution in [0, 0.1) is 6.92 Å². The Bertz CT molecular complexity index is 1860. The van der Waals surface area contributed by atoms with E-state index in [2.05, 4.69) is 41.0 Å². The molecule has 3 heterocycles. The average molecular weight is 708 g/mol. The van der Waals surface area contributed by atoms with Gasteiger partial charge in [-0.1, -0.05) is 11.6 Å². The molecular weight excluding hydrogens is 687 g/mol. The number of hydrogen-bond acceptors (Lipinski definition) is 10. The zero-order valence-corrected chi connectivity index (χ0v) is 25.2. The van der Waals surface area contributed by atoms with Crippen molar-refractivity contribution in [1.82, 2.24) is 45.4 Å². The maximum atomic E-state index is 14.4. The summed E-state index contributed by atoms with van der Waals surface area (Å²) < 4.78 is 98.8. The Kier molecular flexibility index (Phi) is 9.51. The monoisotopic (exact) mass is 707 g/mol. The number of anilines is 2. The highest BCUT2D eigenvalue weighted by molar-refractivity contribution is 6.32. The topological polar surface area (TPSA) is 188 Å². The highest BCUT2D eigenvalue weighted by Gasteiger charge is 2.76. The Labute approximate surface area is 268 Å². The van der Waals surface area contributed by atoms with E-state index < -0.39 is 48.3 Å². The van der Waals surface area contributed by atoms with E-state index in [1.165, 1.54) is 44.4 Å². The number of hydrogen-bond donors (Lipinski definition) is 3. The SMILES string of the molecule is COC(=O)N(C)NC(=O)c1cc(N)cc(C)c1NC(=O)c1cc(Cn2nnc(C(F)(C(F)(F)F)C(F)(F)F)n2)nn1-c1ncccc1Cl. The number of nitrogen functional groups attached to an aromatic ring is 1. The molecule has 0 atom stereocenters. The van der Waals surface area contributed by atoms with Gasteiger partial charge >= 0.3 is 24.1 Å². The van der Waals surface area contributed by atoms with Gasteiger partial charge in [-0.15, -0.1) is 10.2 Å². The largest absolute Gasteiger partial charge is 0.452 e. The molecule has 0 saturated carbocycles. The Morgan fingerprint density at radius 3 is 2.31 bits per heavy atom. The maximum absolute atomic E-state index is 14.4. The molecular formula is C25H21ClF7N11O4. The van der Waals surface area contributed by atoms with Crippen molar-refractivity contribution in [3.05, 3.63) is 69.9 Å². The molecule has 0 aliphatic heterocycles. The molecule has 15 nitrogen and oxygen atoms in total. The Morgan fingerprint density at radius 1 is 1.04 bits per heavy atom. The van der Waals surface area contributed by atoms with Crippen LogP contribution in [0.25, 0.3) is 5.82 Å². The van der Waals surface area contributed by atoms with E-state index in [9.17, 15) is 45.1 Å². The predicted molar refractivity (Wildman–Crippen MR) is 149 cm³/mol. The van der Waals surface area contributed by atoms with E-state index in [0.717, 1.165) is 22.9 Å². The molecule has 256 valence electrons. The summed E-state index contributed by atoms with van der Waals surface area (Å²) in [5.74, 6) is -4.35. The van der Waals surface area contributed by atoms with Crippen molar-refractivity contribution in [1.29, 1.82) is 0 Å². The van der Waals surface area contributed by atoms with Gasteiger partial charge in [-0.05, 0) is 48.0 Å². The highest BCUT2D eigenvalue weighted by Crippen LogP contribution is 2.51. The molecule has 0 aliphatic carbocycles. The van der Waals surface area contributed by atoms with Crippen molar-refractivity contribution < 1.29 is 49.9 Å². The Morgan fingerprint density at radius 2 is 1.71 bits per heavy atom.